The Morgan fingerprint density at radius 2 is 1.96 bits per heavy atom. The predicted molar refractivity (Wildman–Crippen MR) is 85.8 cm³/mol. The van der Waals surface area contributed by atoms with Crippen LogP contribution in [0, 0.1) is 35.4 Å². The first kappa shape index (κ1) is 15.9. The molecule has 0 aromatic heterocycles. The summed E-state index contributed by atoms with van der Waals surface area (Å²) in [7, 11) is 0. The van der Waals surface area contributed by atoms with Crippen LogP contribution in [0.3, 0.4) is 0 Å². The van der Waals surface area contributed by atoms with Gasteiger partial charge < -0.3 is 10.4 Å². The number of halogens is 2. The molecule has 5 atom stereocenters. The van der Waals surface area contributed by atoms with Crippen molar-refractivity contribution in [3.8, 4) is 0 Å². The fourth-order valence-corrected chi connectivity index (χ4v) is 5.22. The Bertz CT molecular complexity index is 694. The zero-order valence-corrected chi connectivity index (χ0v) is 13.8. The molecule has 1 amide bonds. The van der Waals surface area contributed by atoms with E-state index in [1.807, 2.05) is 0 Å². The van der Waals surface area contributed by atoms with Crippen LogP contribution in [0.25, 0.3) is 0 Å². The van der Waals surface area contributed by atoms with E-state index in [9.17, 15) is 14.0 Å². The molecule has 128 valence electrons. The molecule has 2 N–H and O–H groups in total. The fraction of sp³-hybridized carbons (Fsp3) is 0.556. The topological polar surface area (TPSA) is 66.4 Å². The number of carbonyl (C=O) groups excluding carboxylic acids is 1. The van der Waals surface area contributed by atoms with Crippen molar-refractivity contribution >= 4 is 23.5 Å². The van der Waals surface area contributed by atoms with Gasteiger partial charge in [-0.15, -0.1) is 0 Å². The van der Waals surface area contributed by atoms with Crippen molar-refractivity contribution in [3.63, 3.8) is 0 Å². The van der Waals surface area contributed by atoms with Crippen molar-refractivity contribution in [3.05, 3.63) is 34.6 Å². The molecule has 3 fully saturated rings. The van der Waals surface area contributed by atoms with Crippen LogP contribution in [0.5, 0.6) is 0 Å². The van der Waals surface area contributed by atoms with Crippen LogP contribution in [-0.4, -0.2) is 17.0 Å². The molecule has 0 heterocycles. The van der Waals surface area contributed by atoms with Crippen LogP contribution in [-0.2, 0) is 9.59 Å². The van der Waals surface area contributed by atoms with E-state index >= 15 is 0 Å². The van der Waals surface area contributed by atoms with Gasteiger partial charge in [-0.2, -0.15) is 0 Å². The minimum absolute atomic E-state index is 0.0182. The normalized spacial score (nSPS) is 33.8. The standard InChI is InChI=1S/C18H19ClFNO3/c19-11-4-3-8(6-12(11)20)13(7-14(22)23)21-18(24)17-15-9-1-2-10(5-9)16(15)17/h3-4,6,9-10,13,15-17H,1-2,5,7H2,(H,21,24)(H,22,23). The average Bonchev–Trinajstić information content (AvgIpc) is 2.97. The molecular formula is C18H19ClFNO3. The second-order valence-corrected chi connectivity index (χ2v) is 7.75. The highest BCUT2D eigenvalue weighted by Gasteiger charge is 2.67. The van der Waals surface area contributed by atoms with Gasteiger partial charge in [-0.3, -0.25) is 9.59 Å². The molecule has 0 saturated heterocycles. The van der Waals surface area contributed by atoms with Crippen LogP contribution in [0.1, 0.15) is 37.3 Å². The molecule has 3 saturated carbocycles. The van der Waals surface area contributed by atoms with Crippen LogP contribution in [0.4, 0.5) is 4.39 Å². The first-order valence-corrected chi connectivity index (χ1v) is 8.80. The highest BCUT2D eigenvalue weighted by molar-refractivity contribution is 6.30. The van der Waals surface area contributed by atoms with E-state index in [1.165, 1.54) is 31.4 Å². The molecule has 0 spiro atoms. The molecule has 4 nitrogen and oxygen atoms in total. The predicted octanol–water partition coefficient (Wildman–Crippen LogP) is 3.40. The average molecular weight is 352 g/mol. The summed E-state index contributed by atoms with van der Waals surface area (Å²) in [5.74, 6) is 0.593. The van der Waals surface area contributed by atoms with Gasteiger partial charge >= 0.3 is 5.97 Å². The first-order chi connectivity index (χ1) is 11.5. The Labute approximate surface area is 144 Å². The van der Waals surface area contributed by atoms with E-state index in [0.717, 1.165) is 0 Å². The lowest BCUT2D eigenvalue weighted by Gasteiger charge is -2.19. The number of carbonyl (C=O) groups is 2. The number of rotatable bonds is 5. The molecule has 24 heavy (non-hydrogen) atoms. The van der Waals surface area contributed by atoms with Gasteiger partial charge in [-0.1, -0.05) is 17.7 Å². The monoisotopic (exact) mass is 351 g/mol. The Morgan fingerprint density at radius 3 is 2.54 bits per heavy atom. The highest BCUT2D eigenvalue weighted by Crippen LogP contribution is 2.69. The minimum Gasteiger partial charge on any atom is -0.481 e. The third kappa shape index (κ3) is 2.59. The van der Waals surface area contributed by atoms with Crippen molar-refractivity contribution in [2.75, 3.05) is 0 Å². The van der Waals surface area contributed by atoms with Crippen LogP contribution in [0.15, 0.2) is 18.2 Å². The van der Waals surface area contributed by atoms with E-state index in [0.29, 0.717) is 29.2 Å². The maximum atomic E-state index is 13.7. The number of hydrogen-bond acceptors (Lipinski definition) is 2. The molecule has 0 aliphatic heterocycles. The summed E-state index contributed by atoms with van der Waals surface area (Å²) in [6.45, 7) is 0. The summed E-state index contributed by atoms with van der Waals surface area (Å²) in [4.78, 5) is 23.8. The molecule has 3 aliphatic carbocycles. The number of aliphatic carboxylic acids is 1. The van der Waals surface area contributed by atoms with Crippen LogP contribution in [0.2, 0.25) is 5.02 Å². The zero-order chi connectivity index (χ0) is 17.0. The van der Waals surface area contributed by atoms with Gasteiger partial charge in [0.25, 0.3) is 0 Å². The van der Waals surface area contributed by atoms with Gasteiger partial charge in [-0.25, -0.2) is 4.39 Å². The summed E-state index contributed by atoms with van der Waals surface area (Å²) in [6, 6.07) is 3.42. The molecule has 2 bridgehead atoms. The van der Waals surface area contributed by atoms with E-state index in [4.69, 9.17) is 16.7 Å². The molecule has 6 heteroatoms. The molecule has 1 aromatic carbocycles. The molecule has 1 aromatic rings. The largest absolute Gasteiger partial charge is 0.481 e. The summed E-state index contributed by atoms with van der Waals surface area (Å²) in [5.41, 5.74) is 0.432. The molecule has 5 unspecified atom stereocenters. The first-order valence-electron chi connectivity index (χ1n) is 8.43. The van der Waals surface area contributed by atoms with E-state index < -0.39 is 17.8 Å². The quantitative estimate of drug-likeness (QED) is 0.854. The number of benzene rings is 1. The summed E-state index contributed by atoms with van der Waals surface area (Å²) < 4.78 is 13.7. The van der Waals surface area contributed by atoms with Crippen molar-refractivity contribution in [2.45, 2.75) is 31.7 Å². The summed E-state index contributed by atoms with van der Waals surface area (Å²) in [6.07, 6.45) is 3.41. The smallest absolute Gasteiger partial charge is 0.305 e. The second kappa shape index (κ2) is 5.73. The van der Waals surface area contributed by atoms with Crippen molar-refractivity contribution in [1.29, 1.82) is 0 Å². The van der Waals surface area contributed by atoms with Crippen molar-refractivity contribution in [2.24, 2.45) is 29.6 Å². The summed E-state index contributed by atoms with van der Waals surface area (Å²) >= 11 is 5.68. The van der Waals surface area contributed by atoms with E-state index in [-0.39, 0.29) is 23.3 Å². The van der Waals surface area contributed by atoms with Gasteiger partial charge in [0, 0.05) is 5.92 Å². The lowest BCUT2D eigenvalue weighted by Crippen LogP contribution is -2.33. The zero-order valence-electron chi connectivity index (χ0n) is 13.0. The Balaban J connectivity index is 1.49. The number of carboxylic acid groups (broad SMARTS) is 1. The molecule has 3 aliphatic rings. The van der Waals surface area contributed by atoms with Gasteiger partial charge in [0.05, 0.1) is 17.5 Å². The Morgan fingerprint density at radius 1 is 1.29 bits per heavy atom. The summed E-state index contributed by atoms with van der Waals surface area (Å²) in [5, 5.41) is 11.9. The van der Waals surface area contributed by atoms with E-state index in [2.05, 4.69) is 5.32 Å². The fourth-order valence-electron chi connectivity index (χ4n) is 5.10. The van der Waals surface area contributed by atoms with Gasteiger partial charge in [-0.05, 0) is 60.6 Å². The number of nitrogens with one attached hydrogen (secondary N) is 1. The molecular weight excluding hydrogens is 333 g/mol. The van der Waals surface area contributed by atoms with Gasteiger partial charge in [0.15, 0.2) is 0 Å². The number of carboxylic acids is 1. The minimum atomic E-state index is -1.04. The second-order valence-electron chi connectivity index (χ2n) is 7.35. The maximum Gasteiger partial charge on any atom is 0.305 e. The van der Waals surface area contributed by atoms with Crippen molar-refractivity contribution < 1.29 is 19.1 Å². The van der Waals surface area contributed by atoms with Crippen LogP contribution >= 0.6 is 11.6 Å². The highest BCUT2D eigenvalue weighted by atomic mass is 35.5. The van der Waals surface area contributed by atoms with Crippen molar-refractivity contribution in [1.82, 2.24) is 5.32 Å². The Hall–Kier alpha value is -1.62. The third-order valence-electron chi connectivity index (χ3n) is 6.08. The maximum absolute atomic E-state index is 13.7. The molecule has 0 radical (unpaired) electrons. The Kier molecular flexibility index (Phi) is 3.79. The van der Waals surface area contributed by atoms with Gasteiger partial charge in [0.1, 0.15) is 5.82 Å². The number of amides is 1. The molecule has 4 rings (SSSR count). The van der Waals surface area contributed by atoms with E-state index in [1.54, 1.807) is 6.07 Å². The lowest BCUT2D eigenvalue weighted by atomic mass is 10.00. The number of hydrogen-bond donors (Lipinski definition) is 2. The van der Waals surface area contributed by atoms with Gasteiger partial charge in [0.2, 0.25) is 5.91 Å². The van der Waals surface area contributed by atoms with Crippen LogP contribution < -0.4 is 5.32 Å². The number of fused-ring (bicyclic) bond motifs is 5. The SMILES string of the molecule is O=C(O)CC(NC(=O)C1C2C3CCC(C3)C12)c1ccc(Cl)c(F)c1. The lowest BCUT2D eigenvalue weighted by molar-refractivity contribution is -0.137. The third-order valence-corrected chi connectivity index (χ3v) is 6.39.